The summed E-state index contributed by atoms with van der Waals surface area (Å²) < 4.78 is 19.8. The Kier molecular flexibility index (Phi) is 6.25. The number of aryl methyl sites for hydroxylation is 1. The third-order valence-corrected chi connectivity index (χ3v) is 3.79. The van der Waals surface area contributed by atoms with Crippen LogP contribution in [0.2, 0.25) is 0 Å². The van der Waals surface area contributed by atoms with Gasteiger partial charge >= 0.3 is 0 Å². The Bertz CT molecular complexity index is 1010. The summed E-state index contributed by atoms with van der Waals surface area (Å²) >= 11 is 0. The largest absolute Gasteiger partial charge is 0.494 e. The van der Waals surface area contributed by atoms with Gasteiger partial charge in [0.25, 0.3) is 5.91 Å². The predicted molar refractivity (Wildman–Crippen MR) is 103 cm³/mol. The molecular formula is C19H19FN6O3. The minimum atomic E-state index is -0.597. The van der Waals surface area contributed by atoms with E-state index < -0.39 is 11.7 Å². The van der Waals surface area contributed by atoms with Gasteiger partial charge in [-0.15, -0.1) is 5.10 Å². The topological polar surface area (TPSA) is 111 Å². The lowest BCUT2D eigenvalue weighted by molar-refractivity contribution is 0.0360. The number of hydrogen-bond acceptors (Lipinski definition) is 8. The van der Waals surface area contributed by atoms with Crippen molar-refractivity contribution in [3.05, 3.63) is 53.9 Å². The molecule has 2 N–H and O–H groups in total. The highest BCUT2D eigenvalue weighted by molar-refractivity contribution is 5.98. The molecule has 0 unspecified atom stereocenters. The molecule has 9 nitrogen and oxygen atoms in total. The van der Waals surface area contributed by atoms with E-state index in [0.717, 1.165) is 5.56 Å². The van der Waals surface area contributed by atoms with Gasteiger partial charge in [0.15, 0.2) is 17.3 Å². The molecule has 0 radical (unpaired) electrons. The highest BCUT2D eigenvalue weighted by atomic mass is 19.1. The molecule has 0 atom stereocenters. The summed E-state index contributed by atoms with van der Waals surface area (Å²) in [7, 11) is 1.45. The first-order chi connectivity index (χ1) is 14.0. The van der Waals surface area contributed by atoms with Crippen LogP contribution in [0.1, 0.15) is 23.0 Å². The summed E-state index contributed by atoms with van der Waals surface area (Å²) in [5.41, 5.74) is 4.01. The molecule has 0 aliphatic heterocycles. The summed E-state index contributed by atoms with van der Waals surface area (Å²) in [6, 6.07) is 4.05. The van der Waals surface area contributed by atoms with Crippen molar-refractivity contribution in [3.8, 4) is 17.1 Å². The van der Waals surface area contributed by atoms with Crippen molar-refractivity contribution < 1.29 is 18.8 Å². The highest BCUT2D eigenvalue weighted by Crippen LogP contribution is 2.37. The second kappa shape index (κ2) is 9.02. The average molecular weight is 398 g/mol. The second-order valence-electron chi connectivity index (χ2n) is 5.90. The van der Waals surface area contributed by atoms with Gasteiger partial charge in [-0.05, 0) is 31.5 Å². The van der Waals surface area contributed by atoms with Crippen molar-refractivity contribution in [2.75, 3.05) is 19.0 Å². The van der Waals surface area contributed by atoms with Gasteiger partial charge in [-0.2, -0.15) is 5.10 Å². The molecule has 0 fully saturated rings. The molecule has 0 saturated heterocycles. The van der Waals surface area contributed by atoms with Gasteiger partial charge in [0, 0.05) is 18.5 Å². The van der Waals surface area contributed by atoms with Crippen LogP contribution in [0, 0.1) is 12.7 Å². The summed E-state index contributed by atoms with van der Waals surface area (Å²) in [6.45, 7) is 3.86. The maximum Gasteiger partial charge on any atom is 0.297 e. The van der Waals surface area contributed by atoms with E-state index in [2.05, 4.69) is 31.0 Å². The van der Waals surface area contributed by atoms with E-state index in [1.54, 1.807) is 19.3 Å². The Labute approximate surface area is 166 Å². The zero-order valence-corrected chi connectivity index (χ0v) is 16.1. The SMILES string of the molecule is CCONC(=O)c1nnccc1Nc1cc(F)cc(-c2ncc(C)cn2)c1OC. The summed E-state index contributed by atoms with van der Waals surface area (Å²) in [6.07, 6.45) is 4.65. The van der Waals surface area contributed by atoms with E-state index >= 15 is 0 Å². The number of nitrogens with one attached hydrogen (secondary N) is 2. The standard InChI is InChI=1S/C19H19FN6O3/c1-4-29-26-19(27)16-14(5-6-23-25-16)24-15-8-12(20)7-13(17(15)28-3)18-21-9-11(2)10-22-18/h5-10H,4H2,1-3H3,(H,23,24)(H,26,27). The summed E-state index contributed by atoms with van der Waals surface area (Å²) in [5.74, 6) is -0.518. The van der Waals surface area contributed by atoms with Gasteiger partial charge in [0.1, 0.15) is 5.82 Å². The van der Waals surface area contributed by atoms with Crippen LogP contribution in [0.3, 0.4) is 0 Å². The Hall–Kier alpha value is -3.66. The van der Waals surface area contributed by atoms with Crippen LogP contribution >= 0.6 is 0 Å². The van der Waals surface area contributed by atoms with Gasteiger partial charge < -0.3 is 10.1 Å². The third kappa shape index (κ3) is 4.61. The van der Waals surface area contributed by atoms with Gasteiger partial charge in [0.2, 0.25) is 0 Å². The van der Waals surface area contributed by atoms with E-state index in [9.17, 15) is 9.18 Å². The zero-order chi connectivity index (χ0) is 20.8. The Morgan fingerprint density at radius 1 is 1.21 bits per heavy atom. The van der Waals surface area contributed by atoms with E-state index in [1.165, 1.54) is 31.5 Å². The van der Waals surface area contributed by atoms with Crippen molar-refractivity contribution in [2.24, 2.45) is 0 Å². The van der Waals surface area contributed by atoms with Crippen LogP contribution in [0.25, 0.3) is 11.4 Å². The fourth-order valence-corrected chi connectivity index (χ4v) is 2.54. The quantitative estimate of drug-likeness (QED) is 0.585. The van der Waals surface area contributed by atoms with Crippen LogP contribution in [-0.4, -0.2) is 39.8 Å². The lowest BCUT2D eigenvalue weighted by atomic mass is 10.1. The lowest BCUT2D eigenvalue weighted by Crippen LogP contribution is -2.25. The smallest absolute Gasteiger partial charge is 0.297 e. The second-order valence-corrected chi connectivity index (χ2v) is 5.90. The minimum Gasteiger partial charge on any atom is -0.494 e. The van der Waals surface area contributed by atoms with E-state index in [1.807, 2.05) is 6.92 Å². The molecule has 0 bridgehead atoms. The molecular weight excluding hydrogens is 379 g/mol. The first-order valence-electron chi connectivity index (χ1n) is 8.70. The number of methoxy groups -OCH3 is 1. The first-order valence-corrected chi connectivity index (χ1v) is 8.70. The Morgan fingerprint density at radius 3 is 2.66 bits per heavy atom. The first kappa shape index (κ1) is 20.1. The van der Waals surface area contributed by atoms with Crippen LogP contribution < -0.4 is 15.5 Å². The van der Waals surface area contributed by atoms with Gasteiger partial charge in [-0.3, -0.25) is 9.63 Å². The molecule has 10 heteroatoms. The molecule has 29 heavy (non-hydrogen) atoms. The van der Waals surface area contributed by atoms with Gasteiger partial charge in [0.05, 0.1) is 36.9 Å². The van der Waals surface area contributed by atoms with Crippen LogP contribution in [0.15, 0.2) is 36.8 Å². The number of carbonyl (C=O) groups excluding carboxylic acids is 1. The van der Waals surface area contributed by atoms with Crippen LogP contribution in [0.5, 0.6) is 5.75 Å². The van der Waals surface area contributed by atoms with Crippen molar-refractivity contribution in [1.29, 1.82) is 0 Å². The molecule has 0 aliphatic carbocycles. The van der Waals surface area contributed by atoms with Gasteiger partial charge in [-0.1, -0.05) is 0 Å². The Balaban J connectivity index is 2.02. The number of hydroxylamine groups is 1. The maximum atomic E-state index is 14.4. The molecule has 3 aromatic rings. The number of amides is 1. The maximum absolute atomic E-state index is 14.4. The number of rotatable bonds is 7. The number of halogens is 1. The Morgan fingerprint density at radius 2 is 1.97 bits per heavy atom. The molecule has 2 aromatic heterocycles. The normalized spacial score (nSPS) is 10.5. The van der Waals surface area contributed by atoms with Crippen molar-refractivity contribution in [1.82, 2.24) is 25.6 Å². The zero-order valence-electron chi connectivity index (χ0n) is 16.1. The van der Waals surface area contributed by atoms with E-state index in [0.29, 0.717) is 17.1 Å². The monoisotopic (exact) mass is 398 g/mol. The number of aromatic nitrogens is 4. The van der Waals surface area contributed by atoms with E-state index in [-0.39, 0.29) is 23.7 Å². The number of carbonyl (C=O) groups is 1. The number of benzene rings is 1. The third-order valence-electron chi connectivity index (χ3n) is 3.79. The van der Waals surface area contributed by atoms with Crippen molar-refractivity contribution in [3.63, 3.8) is 0 Å². The number of anilines is 2. The minimum absolute atomic E-state index is 0.0274. The van der Waals surface area contributed by atoms with Gasteiger partial charge in [-0.25, -0.2) is 19.8 Å². The van der Waals surface area contributed by atoms with Crippen molar-refractivity contribution in [2.45, 2.75) is 13.8 Å². The van der Waals surface area contributed by atoms with E-state index in [4.69, 9.17) is 9.57 Å². The fraction of sp³-hybridized carbons (Fsp3) is 0.211. The molecule has 0 saturated carbocycles. The molecule has 1 aromatic carbocycles. The summed E-state index contributed by atoms with van der Waals surface area (Å²) in [4.78, 5) is 25.6. The van der Waals surface area contributed by atoms with Crippen LogP contribution in [0.4, 0.5) is 15.8 Å². The average Bonchev–Trinajstić information content (AvgIpc) is 2.72. The van der Waals surface area contributed by atoms with Crippen LogP contribution in [-0.2, 0) is 4.84 Å². The highest BCUT2D eigenvalue weighted by Gasteiger charge is 2.19. The molecule has 2 heterocycles. The fourth-order valence-electron chi connectivity index (χ4n) is 2.54. The lowest BCUT2D eigenvalue weighted by Gasteiger charge is -2.16. The summed E-state index contributed by atoms with van der Waals surface area (Å²) in [5, 5.41) is 10.5. The number of hydrogen-bond donors (Lipinski definition) is 2. The molecule has 1 amide bonds. The predicted octanol–water partition coefficient (Wildman–Crippen LogP) is 2.81. The molecule has 3 rings (SSSR count). The molecule has 150 valence electrons. The van der Waals surface area contributed by atoms with Crippen molar-refractivity contribution >= 4 is 17.3 Å². The number of nitrogens with zero attached hydrogens (tertiary/aromatic N) is 4. The molecule has 0 aliphatic rings. The number of ether oxygens (including phenoxy) is 1. The molecule has 0 spiro atoms.